The molecule has 32 heavy (non-hydrogen) atoms. The van der Waals surface area contributed by atoms with Gasteiger partial charge in [0.05, 0.1) is 10.9 Å². The molecule has 4 rings (SSSR count). The van der Waals surface area contributed by atoms with E-state index < -0.39 is 29.7 Å². The highest BCUT2D eigenvalue weighted by atomic mass is 35.5. The second-order valence-electron chi connectivity index (χ2n) is 8.55. The van der Waals surface area contributed by atoms with Crippen LogP contribution in [0.3, 0.4) is 0 Å². The van der Waals surface area contributed by atoms with Gasteiger partial charge >= 0.3 is 0 Å². The number of carbonyl (C=O) groups is 3. The summed E-state index contributed by atoms with van der Waals surface area (Å²) in [7, 11) is 3.45. The topological polar surface area (TPSA) is 84.4 Å². The maximum absolute atomic E-state index is 13.5. The zero-order chi connectivity index (χ0) is 23.2. The van der Waals surface area contributed by atoms with E-state index in [9.17, 15) is 23.9 Å². The van der Waals surface area contributed by atoms with Gasteiger partial charge in [0.1, 0.15) is 17.6 Å². The molecule has 172 valence electrons. The Labute approximate surface area is 190 Å². The molecule has 1 aromatic carbocycles. The molecular weight excluding hydrogens is 439 g/mol. The molecule has 0 saturated carbocycles. The lowest BCUT2D eigenvalue weighted by molar-refractivity contribution is -0.154. The van der Waals surface area contributed by atoms with Crippen molar-refractivity contribution >= 4 is 29.3 Å². The summed E-state index contributed by atoms with van der Waals surface area (Å²) in [5, 5.41) is 10.6. The van der Waals surface area contributed by atoms with Gasteiger partial charge in [0.2, 0.25) is 5.91 Å². The van der Waals surface area contributed by atoms with Gasteiger partial charge in [-0.05, 0) is 36.7 Å². The van der Waals surface area contributed by atoms with Crippen molar-refractivity contribution in [2.24, 2.45) is 5.92 Å². The van der Waals surface area contributed by atoms with Gasteiger partial charge in [-0.2, -0.15) is 0 Å². The zero-order valence-electron chi connectivity index (χ0n) is 18.1. The molecule has 2 fully saturated rings. The number of carbonyl (C=O) groups excluding carboxylic acids is 3. The van der Waals surface area contributed by atoms with Crippen LogP contribution in [0.4, 0.5) is 4.39 Å². The van der Waals surface area contributed by atoms with Gasteiger partial charge in [-0.3, -0.25) is 14.4 Å². The third-order valence-corrected chi connectivity index (χ3v) is 6.78. The lowest BCUT2D eigenvalue weighted by Crippen LogP contribution is -2.58. The smallest absolute Gasteiger partial charge is 0.270 e. The molecule has 10 heteroatoms. The van der Waals surface area contributed by atoms with Gasteiger partial charge in [0.25, 0.3) is 11.8 Å². The molecule has 3 amide bonds. The second kappa shape index (κ2) is 8.80. The number of piperidine rings is 1. The number of hydrogen-bond acceptors (Lipinski definition) is 5. The van der Waals surface area contributed by atoms with E-state index in [1.54, 1.807) is 11.0 Å². The van der Waals surface area contributed by atoms with Crippen molar-refractivity contribution in [3.8, 4) is 0 Å². The summed E-state index contributed by atoms with van der Waals surface area (Å²) in [5.41, 5.74) is 1.34. The molecule has 3 aliphatic rings. The first-order valence-corrected chi connectivity index (χ1v) is 11.0. The molecule has 0 radical (unpaired) electrons. The van der Waals surface area contributed by atoms with Gasteiger partial charge in [-0.15, -0.1) is 0 Å². The number of benzene rings is 1. The molecule has 2 saturated heterocycles. The first kappa shape index (κ1) is 22.7. The highest BCUT2D eigenvalue weighted by Crippen LogP contribution is 2.37. The van der Waals surface area contributed by atoms with Gasteiger partial charge in [-0.1, -0.05) is 17.7 Å². The number of amides is 3. The van der Waals surface area contributed by atoms with Crippen molar-refractivity contribution in [1.29, 1.82) is 0 Å². The second-order valence-corrected chi connectivity index (χ2v) is 8.95. The summed E-state index contributed by atoms with van der Waals surface area (Å²) in [6.07, 6.45) is -1.19. The normalized spacial score (nSPS) is 24.8. The van der Waals surface area contributed by atoms with Crippen molar-refractivity contribution in [3.63, 3.8) is 0 Å². The van der Waals surface area contributed by atoms with E-state index in [1.165, 1.54) is 29.0 Å². The monoisotopic (exact) mass is 464 g/mol. The summed E-state index contributed by atoms with van der Waals surface area (Å²) < 4.78 is 13.5. The van der Waals surface area contributed by atoms with E-state index >= 15 is 0 Å². The summed E-state index contributed by atoms with van der Waals surface area (Å²) in [5.74, 6) is -3.03. The molecule has 1 N–H and O–H groups in total. The van der Waals surface area contributed by atoms with E-state index in [1.807, 2.05) is 7.05 Å². The molecule has 0 spiro atoms. The number of nitrogens with zero attached hydrogens (tertiary/aromatic N) is 4. The molecule has 0 aliphatic carbocycles. The first-order valence-electron chi connectivity index (χ1n) is 10.6. The number of halogens is 2. The number of likely N-dealkylation sites (N-methyl/N-ethyl adjacent to an activating group) is 2. The minimum absolute atomic E-state index is 0.0397. The molecule has 0 bridgehead atoms. The number of aliphatic hydroxyl groups excluding tert-OH is 1. The average Bonchev–Trinajstić information content (AvgIpc) is 2.77. The van der Waals surface area contributed by atoms with Gasteiger partial charge in [0, 0.05) is 46.3 Å². The maximum atomic E-state index is 13.5. The van der Waals surface area contributed by atoms with Crippen LogP contribution >= 0.6 is 11.6 Å². The number of likely N-dealkylation sites (tertiary alicyclic amines) is 1. The van der Waals surface area contributed by atoms with Crippen LogP contribution in [0, 0.1) is 11.7 Å². The standard InChI is InChI=1S/C22H26ClFN4O4/c1-25-7-9-27(10-8-25)21(31)18-14-5-6-28(12-13-3-4-16(24)15(23)11-13)20(30)17(14)19(29)22(32)26(18)2/h3-4,11,17,19,29H,5-10,12H2,1-2H3. The number of fused-ring (bicyclic) bond motifs is 1. The van der Waals surface area contributed by atoms with E-state index in [0.717, 1.165) is 13.1 Å². The molecule has 8 nitrogen and oxygen atoms in total. The largest absolute Gasteiger partial charge is 0.382 e. The molecule has 2 atom stereocenters. The minimum Gasteiger partial charge on any atom is -0.382 e. The van der Waals surface area contributed by atoms with Crippen molar-refractivity contribution in [2.45, 2.75) is 19.1 Å². The van der Waals surface area contributed by atoms with Crippen molar-refractivity contribution in [2.75, 3.05) is 46.8 Å². The fraction of sp³-hybridized carbons (Fsp3) is 0.500. The quantitative estimate of drug-likeness (QED) is 0.711. The van der Waals surface area contributed by atoms with Crippen LogP contribution in [0.5, 0.6) is 0 Å². The Morgan fingerprint density at radius 2 is 1.81 bits per heavy atom. The van der Waals surface area contributed by atoms with E-state index in [0.29, 0.717) is 37.2 Å². The van der Waals surface area contributed by atoms with Crippen molar-refractivity contribution in [1.82, 2.24) is 19.6 Å². The molecule has 3 heterocycles. The predicted octanol–water partition coefficient (Wildman–Crippen LogP) is 0.689. The Morgan fingerprint density at radius 3 is 2.47 bits per heavy atom. The van der Waals surface area contributed by atoms with Crippen molar-refractivity contribution < 1.29 is 23.9 Å². The highest BCUT2D eigenvalue weighted by molar-refractivity contribution is 6.30. The van der Waals surface area contributed by atoms with Crippen LogP contribution in [-0.2, 0) is 20.9 Å². The molecule has 0 aromatic heterocycles. The Kier molecular flexibility index (Phi) is 6.24. The number of rotatable bonds is 3. The van der Waals surface area contributed by atoms with E-state index in [2.05, 4.69) is 4.90 Å². The lowest BCUT2D eigenvalue weighted by atomic mass is 9.81. The number of aliphatic hydroxyl groups is 1. The van der Waals surface area contributed by atoms with E-state index in [-0.39, 0.29) is 23.2 Å². The average molecular weight is 465 g/mol. The van der Waals surface area contributed by atoms with Gasteiger partial charge in [0.15, 0.2) is 0 Å². The maximum Gasteiger partial charge on any atom is 0.270 e. The summed E-state index contributed by atoms with van der Waals surface area (Å²) in [6, 6.07) is 4.23. The van der Waals surface area contributed by atoms with Crippen LogP contribution in [-0.4, -0.2) is 95.4 Å². The van der Waals surface area contributed by atoms with Crippen LogP contribution in [0.2, 0.25) is 5.02 Å². The Balaban J connectivity index is 1.62. The fourth-order valence-corrected chi connectivity index (χ4v) is 4.78. The van der Waals surface area contributed by atoms with Crippen LogP contribution in [0.1, 0.15) is 12.0 Å². The zero-order valence-corrected chi connectivity index (χ0v) is 18.8. The molecule has 1 aromatic rings. The van der Waals surface area contributed by atoms with Crippen LogP contribution in [0.15, 0.2) is 29.5 Å². The molecule has 3 aliphatic heterocycles. The van der Waals surface area contributed by atoms with Crippen LogP contribution < -0.4 is 0 Å². The van der Waals surface area contributed by atoms with Crippen LogP contribution in [0.25, 0.3) is 0 Å². The Morgan fingerprint density at radius 1 is 1.12 bits per heavy atom. The van der Waals surface area contributed by atoms with Crippen molar-refractivity contribution in [3.05, 3.63) is 45.9 Å². The minimum atomic E-state index is -1.55. The lowest BCUT2D eigenvalue weighted by Gasteiger charge is -2.43. The molecule has 2 unspecified atom stereocenters. The predicted molar refractivity (Wildman–Crippen MR) is 115 cm³/mol. The third-order valence-electron chi connectivity index (χ3n) is 6.49. The highest BCUT2D eigenvalue weighted by Gasteiger charge is 2.49. The Hall–Kier alpha value is -2.49. The number of hydrogen-bond donors (Lipinski definition) is 1. The molecular formula is C22H26ClFN4O4. The summed E-state index contributed by atoms with van der Waals surface area (Å²) in [4.78, 5) is 45.9. The first-order chi connectivity index (χ1) is 15.2. The Bertz CT molecular complexity index is 992. The fourth-order valence-electron chi connectivity index (χ4n) is 4.58. The van der Waals surface area contributed by atoms with E-state index in [4.69, 9.17) is 11.6 Å². The third kappa shape index (κ3) is 4.00. The SMILES string of the molecule is CN1CCN(C(=O)C2=C3CCN(Cc4ccc(F)c(Cl)c4)C(=O)C3C(O)C(=O)N2C)CC1. The number of piperazine rings is 1. The summed E-state index contributed by atoms with van der Waals surface area (Å²) >= 11 is 5.85. The van der Waals surface area contributed by atoms with Gasteiger partial charge in [-0.25, -0.2) is 4.39 Å². The van der Waals surface area contributed by atoms with Gasteiger partial charge < -0.3 is 24.7 Å². The summed E-state index contributed by atoms with van der Waals surface area (Å²) in [6.45, 7) is 3.00.